The molecule has 3 amide bonds. The van der Waals surface area contributed by atoms with Crippen molar-refractivity contribution in [2.45, 2.75) is 294 Å². The fraction of sp³-hybridized carbons (Fsp3) is 0.564. The van der Waals surface area contributed by atoms with Crippen molar-refractivity contribution in [2.75, 3.05) is 63.5 Å². The van der Waals surface area contributed by atoms with Gasteiger partial charge in [-0.1, -0.05) is 131 Å². The topological polar surface area (TPSA) is 318 Å². The summed E-state index contributed by atoms with van der Waals surface area (Å²) in [4.78, 5) is 118. The van der Waals surface area contributed by atoms with E-state index in [1.54, 1.807) is 64.1 Å². The molecule has 0 radical (unpaired) electrons. The molecule has 6 aromatic rings. The average molecular weight is 2090 g/mol. The number of rotatable bonds is 45. The molecular formula is C101H141F18N3O22. The minimum atomic E-state index is -4.96. The molecule has 2 atom stereocenters. The van der Waals surface area contributed by atoms with Gasteiger partial charge in [0.05, 0.1) is 24.0 Å². The lowest BCUT2D eigenvalue weighted by Crippen LogP contribution is -2.35. The van der Waals surface area contributed by atoms with Gasteiger partial charge in [0.25, 0.3) is 17.8 Å². The Morgan fingerprint density at radius 1 is 0.319 bits per heavy atom. The average Bonchev–Trinajstić information content (AvgIpc) is 0.823. The first-order valence-corrected chi connectivity index (χ1v) is 43.6. The summed E-state index contributed by atoms with van der Waals surface area (Å²) in [6, 6.07) is 35.1. The maximum absolute atomic E-state index is 13.1. The smallest absolute Gasteiger partial charge is 0.425 e. The number of fused-ring (bicyclic) bond motifs is 1. The number of amides is 3. The van der Waals surface area contributed by atoms with Gasteiger partial charge in [0.15, 0.2) is 51.8 Å². The van der Waals surface area contributed by atoms with Crippen LogP contribution in [0.25, 0.3) is 10.8 Å². The van der Waals surface area contributed by atoms with Gasteiger partial charge in [-0.05, 0) is 218 Å². The molecule has 3 N–H and O–H groups in total. The summed E-state index contributed by atoms with van der Waals surface area (Å²) in [7, 11) is 0. The lowest BCUT2D eigenvalue weighted by Gasteiger charge is -2.21. The zero-order chi connectivity index (χ0) is 106. The lowest BCUT2D eigenvalue weighted by molar-refractivity contribution is -0.217. The molecule has 2 unspecified atom stereocenters. The SMILES string of the molecule is C.C.C.C.C.CCC(C)(C)C(=O)NCc1ccc2cc(OCC(=O)OCC(C)(F)F)ccc2c1.CCC(C)(C)C(=O)Nc1ccc(OCC(=O)OC(C)C(F)(F)F)cc1.CCC(C)(C)C(=O)Nc1ccc(OCC(=O)OCCCC(F)(F)CC(F)(F)F)cc1.CCC(C)(C)C(=O)Oc1ccc(OCC(=O)OC(C)C(F)(F)F)cc1.CCC(C)(C)C(=O)Oc1ccc(OCC(=O)OCCCC(F)(F)CC(F)(F)F)cc1. The van der Waals surface area contributed by atoms with Crippen molar-refractivity contribution in [1.29, 1.82) is 0 Å². The van der Waals surface area contributed by atoms with E-state index in [1.807, 2.05) is 100 Å². The number of esters is 7. The molecule has 0 aliphatic carbocycles. The molecule has 144 heavy (non-hydrogen) atoms. The van der Waals surface area contributed by atoms with Crippen LogP contribution in [0.4, 0.5) is 90.4 Å². The molecule has 0 aliphatic rings. The summed E-state index contributed by atoms with van der Waals surface area (Å²) in [5, 5.41) is 10.3. The van der Waals surface area contributed by atoms with E-state index in [-0.39, 0.29) is 84.0 Å². The van der Waals surface area contributed by atoms with Gasteiger partial charge in [0.1, 0.15) is 53.1 Å². The van der Waals surface area contributed by atoms with Crippen LogP contribution in [0.1, 0.15) is 238 Å². The van der Waals surface area contributed by atoms with Gasteiger partial charge < -0.3 is 72.8 Å². The number of alkyl halides is 18. The molecular weight excluding hydrogens is 1950 g/mol. The minimum absolute atomic E-state index is 0. The Morgan fingerprint density at radius 2 is 0.590 bits per heavy atom. The number of anilines is 2. The van der Waals surface area contributed by atoms with E-state index in [9.17, 15) is 127 Å². The third kappa shape index (κ3) is 56.9. The summed E-state index contributed by atoms with van der Waals surface area (Å²) in [5.41, 5.74) is -0.607. The van der Waals surface area contributed by atoms with E-state index < -0.39 is 203 Å². The van der Waals surface area contributed by atoms with Gasteiger partial charge >= 0.3 is 66.5 Å². The zero-order valence-electron chi connectivity index (χ0n) is 80.3. The van der Waals surface area contributed by atoms with Crippen molar-refractivity contribution in [3.63, 3.8) is 0 Å². The van der Waals surface area contributed by atoms with Crippen LogP contribution in [-0.2, 0) is 78.2 Å². The maximum Gasteiger partial charge on any atom is 0.425 e. The number of benzene rings is 6. The maximum atomic E-state index is 13.1. The summed E-state index contributed by atoms with van der Waals surface area (Å²) >= 11 is 0. The number of carbonyl (C=O) groups is 10. The van der Waals surface area contributed by atoms with Crippen LogP contribution in [0, 0.1) is 27.1 Å². The fourth-order valence-electron chi connectivity index (χ4n) is 9.67. The number of nitrogens with one attached hydrogen (secondary N) is 3. The highest BCUT2D eigenvalue weighted by Gasteiger charge is 2.45. The van der Waals surface area contributed by atoms with Crippen molar-refractivity contribution in [3.8, 4) is 40.2 Å². The Morgan fingerprint density at radius 3 is 0.896 bits per heavy atom. The normalized spacial score (nSPS) is 12.1. The monoisotopic (exact) mass is 2090 g/mol. The van der Waals surface area contributed by atoms with Gasteiger partial charge in [-0.25, -0.2) is 50.3 Å². The predicted molar refractivity (Wildman–Crippen MR) is 508 cm³/mol. The summed E-state index contributed by atoms with van der Waals surface area (Å²) < 4.78 is 282. The molecule has 818 valence electrons. The molecule has 25 nitrogen and oxygen atoms in total. The van der Waals surface area contributed by atoms with Gasteiger partial charge in [0.2, 0.25) is 17.7 Å². The Balaban J connectivity index is -0.000000845. The number of hydrogen-bond donors (Lipinski definition) is 3. The Labute approximate surface area is 830 Å². The van der Waals surface area contributed by atoms with Crippen LogP contribution in [0.5, 0.6) is 40.2 Å². The van der Waals surface area contributed by atoms with E-state index in [4.69, 9.17) is 33.2 Å². The largest absolute Gasteiger partial charge is 0.482 e. The highest BCUT2D eigenvalue weighted by atomic mass is 19.4. The highest BCUT2D eigenvalue weighted by Crippen LogP contribution is 2.38. The molecule has 0 fully saturated rings. The first-order chi connectivity index (χ1) is 63.9. The minimum Gasteiger partial charge on any atom is -0.482 e. The van der Waals surface area contributed by atoms with Crippen LogP contribution in [0.3, 0.4) is 0 Å². The van der Waals surface area contributed by atoms with Gasteiger partial charge in [-0.3, -0.25) is 24.0 Å². The van der Waals surface area contributed by atoms with Crippen LogP contribution < -0.4 is 49.1 Å². The van der Waals surface area contributed by atoms with Crippen LogP contribution >= 0.6 is 0 Å². The van der Waals surface area contributed by atoms with E-state index in [2.05, 4.69) is 39.6 Å². The third-order valence-electron chi connectivity index (χ3n) is 20.6. The van der Waals surface area contributed by atoms with E-state index in [1.165, 1.54) is 72.8 Å². The molecule has 0 aliphatic heterocycles. The standard InChI is InChI=1S/C22H27F2NO4.C20H26F5NO4.C20H25F5O5.C17H22F3NO4.C17H21F3O5.5CH4/c1-5-21(2,3)20(27)25-12-15-6-7-17-11-18(9-8-16(17)10-15)28-13-19(26)29-14-22(4,23)24;1-4-18(2,3)17(28)26-14-6-8-15(9-7-14)30-12-16(27)29-11-5-10-19(21,22)13-20(23,24)25;1-4-18(2,3)17(27)30-15-8-6-14(7-9-15)29-12-16(26)28-11-5-10-19(21,22)13-20(23,24)25;1-5-16(3,4)15(23)21-12-6-8-13(9-7-12)24-10-14(22)25-11(2)17(18,19)20;1-5-16(3,4)15(22)25-13-8-6-12(7-9-13)23-10-14(21)24-11(2)17(18,19)20;;;;;/h6-11H,5,12-14H2,1-4H3,(H,25,27);6-9H,4-5,10-13H2,1-3H3,(H,26,28);6-9H,4-5,10-13H2,1-3H3;6-9,11H,5,10H2,1-4H3,(H,21,23);6-9,11H,5,10H2,1-4H3;5*1H4. The van der Waals surface area contributed by atoms with Crippen molar-refractivity contribution < 1.29 is 184 Å². The quantitative estimate of drug-likeness (QED) is 0.0105. The van der Waals surface area contributed by atoms with Crippen LogP contribution in [-0.4, -0.2) is 167 Å². The van der Waals surface area contributed by atoms with Crippen molar-refractivity contribution in [3.05, 3.63) is 139 Å². The zero-order valence-corrected chi connectivity index (χ0v) is 80.3. The van der Waals surface area contributed by atoms with E-state index in [0.29, 0.717) is 73.5 Å². The molecule has 0 spiro atoms. The van der Waals surface area contributed by atoms with E-state index in [0.717, 1.165) is 36.6 Å². The molecule has 0 aromatic heterocycles. The second-order valence-electron chi connectivity index (χ2n) is 34.9. The molecule has 6 aromatic carbocycles. The Bertz CT molecular complexity index is 4640. The first-order valence-electron chi connectivity index (χ1n) is 43.6. The molecule has 0 saturated heterocycles. The second kappa shape index (κ2) is 62.0. The third-order valence-corrected chi connectivity index (χ3v) is 20.6. The molecule has 0 saturated carbocycles. The number of halogens is 18. The van der Waals surface area contributed by atoms with Crippen molar-refractivity contribution in [2.24, 2.45) is 27.1 Å². The van der Waals surface area contributed by atoms with Crippen molar-refractivity contribution >= 4 is 81.7 Å². The predicted octanol–water partition coefficient (Wildman–Crippen LogP) is 26.2. The first kappa shape index (κ1) is 138. The summed E-state index contributed by atoms with van der Waals surface area (Å²) in [5.74, 6) is -14.6. The number of ether oxygens (including phenoxy) is 12. The van der Waals surface area contributed by atoms with Crippen LogP contribution in [0.15, 0.2) is 133 Å². The highest BCUT2D eigenvalue weighted by molar-refractivity contribution is 5.95. The van der Waals surface area contributed by atoms with E-state index >= 15 is 0 Å². The Kier molecular flexibility index (Phi) is 59.5. The molecule has 6 rings (SSSR count). The van der Waals surface area contributed by atoms with Gasteiger partial charge in [0, 0.05) is 53.9 Å². The van der Waals surface area contributed by atoms with Crippen LogP contribution in [0.2, 0.25) is 0 Å². The molecule has 43 heteroatoms. The second-order valence-corrected chi connectivity index (χ2v) is 34.9. The fourth-order valence-corrected chi connectivity index (χ4v) is 9.67. The molecule has 0 bridgehead atoms. The van der Waals surface area contributed by atoms with Gasteiger partial charge in [-0.2, -0.15) is 52.7 Å². The number of carbonyl (C=O) groups excluding carboxylic acids is 10. The lowest BCUT2D eigenvalue weighted by atomic mass is 9.89. The Hall–Kier alpha value is -12.0. The number of hydrogen-bond acceptors (Lipinski definition) is 22. The summed E-state index contributed by atoms with van der Waals surface area (Å²) in [6.45, 7) is 25.7. The van der Waals surface area contributed by atoms with Crippen molar-refractivity contribution in [1.82, 2.24) is 5.32 Å². The summed E-state index contributed by atoms with van der Waals surface area (Å²) in [6.07, 6.45) is -27.5. The van der Waals surface area contributed by atoms with Gasteiger partial charge in [-0.15, -0.1) is 0 Å². The molecule has 0 heterocycles.